The average Bonchev–Trinajstić information content (AvgIpc) is 2.24. The third-order valence-electron chi connectivity index (χ3n) is 2.92. The van der Waals surface area contributed by atoms with E-state index in [0.29, 0.717) is 0 Å². The van der Waals surface area contributed by atoms with Gasteiger partial charge in [-0.05, 0) is 35.0 Å². The van der Waals surface area contributed by atoms with Crippen molar-refractivity contribution in [1.82, 2.24) is 0 Å². The molecule has 0 aromatic heterocycles. The Morgan fingerprint density at radius 3 is 2.93 bits per heavy atom. The molecule has 15 heavy (non-hydrogen) atoms. The summed E-state index contributed by atoms with van der Waals surface area (Å²) >= 11 is 3.45. The summed E-state index contributed by atoms with van der Waals surface area (Å²) in [4.78, 5) is 2.13. The molecule has 0 saturated heterocycles. The molecule has 82 valence electrons. The van der Waals surface area contributed by atoms with Gasteiger partial charge in [-0.3, -0.25) is 0 Å². The summed E-state index contributed by atoms with van der Waals surface area (Å²) in [6.07, 6.45) is -0.166. The van der Waals surface area contributed by atoms with Gasteiger partial charge in [-0.15, -0.1) is 0 Å². The van der Waals surface area contributed by atoms with E-state index in [1.54, 1.807) is 0 Å². The van der Waals surface area contributed by atoms with Crippen LogP contribution in [0.25, 0.3) is 0 Å². The molecule has 0 amide bonds. The molecule has 4 heteroatoms. The number of rotatable bonds is 1. The summed E-state index contributed by atoms with van der Waals surface area (Å²) in [5.74, 6) is 0.817. The van der Waals surface area contributed by atoms with Crippen LogP contribution in [0.5, 0.6) is 5.75 Å². The van der Waals surface area contributed by atoms with E-state index in [9.17, 15) is 5.11 Å². The van der Waals surface area contributed by atoms with E-state index in [2.05, 4.69) is 20.8 Å². The van der Waals surface area contributed by atoms with Crippen LogP contribution in [0, 0.1) is 0 Å². The minimum absolute atomic E-state index is 0.0340. The highest BCUT2D eigenvalue weighted by Gasteiger charge is 2.31. The van der Waals surface area contributed by atoms with Gasteiger partial charge in [0.2, 0.25) is 0 Å². The molecule has 2 unspecified atom stereocenters. The van der Waals surface area contributed by atoms with Gasteiger partial charge in [-0.25, -0.2) is 0 Å². The van der Waals surface area contributed by atoms with E-state index in [1.807, 2.05) is 32.2 Å². The number of para-hydroxylation sites is 1. The molecule has 1 aromatic carbocycles. The topological polar surface area (TPSA) is 32.7 Å². The SMILES string of the molecule is CC1C(CO)Oc2c(Br)cccc2N1C. The minimum atomic E-state index is -0.166. The highest BCUT2D eigenvalue weighted by atomic mass is 79.9. The molecule has 1 aliphatic heterocycles. The molecule has 0 bridgehead atoms. The van der Waals surface area contributed by atoms with Crippen LogP contribution in [-0.4, -0.2) is 30.9 Å². The molecule has 0 fully saturated rings. The van der Waals surface area contributed by atoms with Crippen LogP contribution in [0.2, 0.25) is 0 Å². The molecule has 1 aromatic rings. The maximum Gasteiger partial charge on any atom is 0.157 e. The van der Waals surface area contributed by atoms with E-state index in [1.165, 1.54) is 0 Å². The first-order chi connectivity index (χ1) is 7.15. The summed E-state index contributed by atoms with van der Waals surface area (Å²) in [7, 11) is 2.02. The van der Waals surface area contributed by atoms with Gasteiger partial charge in [0.05, 0.1) is 22.8 Å². The van der Waals surface area contributed by atoms with Gasteiger partial charge in [0.1, 0.15) is 6.10 Å². The van der Waals surface area contributed by atoms with Gasteiger partial charge < -0.3 is 14.7 Å². The Balaban J connectivity index is 2.45. The van der Waals surface area contributed by atoms with Crippen LogP contribution in [0.15, 0.2) is 22.7 Å². The normalized spacial score (nSPS) is 24.7. The third kappa shape index (κ3) is 1.72. The number of nitrogens with zero attached hydrogens (tertiary/aromatic N) is 1. The van der Waals surface area contributed by atoms with Gasteiger partial charge in [0.15, 0.2) is 5.75 Å². The first kappa shape index (κ1) is 10.8. The number of hydrogen-bond acceptors (Lipinski definition) is 3. The van der Waals surface area contributed by atoms with Crippen molar-refractivity contribution in [3.05, 3.63) is 22.7 Å². The van der Waals surface area contributed by atoms with Crippen molar-refractivity contribution < 1.29 is 9.84 Å². The quantitative estimate of drug-likeness (QED) is 0.849. The predicted octanol–water partition coefficient (Wildman–Crippen LogP) is 2.03. The Morgan fingerprint density at radius 1 is 1.53 bits per heavy atom. The number of likely N-dealkylation sites (N-methyl/N-ethyl adjacent to an activating group) is 1. The summed E-state index contributed by atoms with van der Waals surface area (Å²) in [6, 6.07) is 6.12. The molecule has 2 rings (SSSR count). The second-order valence-electron chi connectivity index (χ2n) is 3.78. The fourth-order valence-electron chi connectivity index (χ4n) is 1.80. The van der Waals surface area contributed by atoms with Crippen LogP contribution >= 0.6 is 15.9 Å². The summed E-state index contributed by atoms with van der Waals surface area (Å²) in [5.41, 5.74) is 1.06. The van der Waals surface area contributed by atoms with Crippen molar-refractivity contribution in [1.29, 1.82) is 0 Å². The zero-order chi connectivity index (χ0) is 11.0. The lowest BCUT2D eigenvalue weighted by Crippen LogP contribution is -2.47. The zero-order valence-electron chi connectivity index (χ0n) is 8.77. The summed E-state index contributed by atoms with van der Waals surface area (Å²) < 4.78 is 6.68. The third-order valence-corrected chi connectivity index (χ3v) is 3.55. The number of benzene rings is 1. The Kier molecular flexibility index (Phi) is 2.89. The molecule has 0 radical (unpaired) electrons. The van der Waals surface area contributed by atoms with Crippen molar-refractivity contribution in [2.75, 3.05) is 18.6 Å². The Labute approximate surface area is 97.8 Å². The average molecular weight is 272 g/mol. The maximum absolute atomic E-state index is 9.23. The van der Waals surface area contributed by atoms with Crippen molar-refractivity contribution in [3.8, 4) is 5.75 Å². The van der Waals surface area contributed by atoms with E-state index in [4.69, 9.17) is 4.74 Å². The van der Waals surface area contributed by atoms with Crippen molar-refractivity contribution in [2.45, 2.75) is 19.1 Å². The molecule has 0 spiro atoms. The number of halogens is 1. The van der Waals surface area contributed by atoms with Crippen LogP contribution in [0.1, 0.15) is 6.92 Å². The Morgan fingerprint density at radius 2 is 2.27 bits per heavy atom. The number of aliphatic hydroxyl groups excluding tert-OH is 1. The van der Waals surface area contributed by atoms with E-state index in [0.717, 1.165) is 15.9 Å². The van der Waals surface area contributed by atoms with Gasteiger partial charge in [-0.1, -0.05) is 6.07 Å². The monoisotopic (exact) mass is 271 g/mol. The predicted molar refractivity (Wildman–Crippen MR) is 63.5 cm³/mol. The fraction of sp³-hybridized carbons (Fsp3) is 0.455. The molecule has 2 atom stereocenters. The van der Waals surface area contributed by atoms with E-state index < -0.39 is 0 Å². The van der Waals surface area contributed by atoms with E-state index in [-0.39, 0.29) is 18.8 Å². The largest absolute Gasteiger partial charge is 0.483 e. The van der Waals surface area contributed by atoms with Crippen LogP contribution in [0.4, 0.5) is 5.69 Å². The second-order valence-corrected chi connectivity index (χ2v) is 4.63. The molecular formula is C11H14BrNO2. The number of ether oxygens (including phenoxy) is 1. The number of fused-ring (bicyclic) bond motifs is 1. The smallest absolute Gasteiger partial charge is 0.157 e. The van der Waals surface area contributed by atoms with Crippen molar-refractivity contribution >= 4 is 21.6 Å². The number of anilines is 1. The van der Waals surface area contributed by atoms with Crippen LogP contribution < -0.4 is 9.64 Å². The lowest BCUT2D eigenvalue weighted by Gasteiger charge is -2.39. The molecule has 1 N–H and O–H groups in total. The van der Waals surface area contributed by atoms with Crippen molar-refractivity contribution in [2.24, 2.45) is 0 Å². The van der Waals surface area contributed by atoms with Crippen LogP contribution in [0.3, 0.4) is 0 Å². The molecular weight excluding hydrogens is 258 g/mol. The maximum atomic E-state index is 9.23. The standard InChI is InChI=1S/C11H14BrNO2/c1-7-10(6-14)15-11-8(12)4-3-5-9(11)13(7)2/h3-5,7,10,14H,6H2,1-2H3. The lowest BCUT2D eigenvalue weighted by atomic mass is 10.1. The fourth-order valence-corrected chi connectivity index (χ4v) is 2.25. The molecule has 1 aliphatic rings. The number of hydrogen-bond donors (Lipinski definition) is 1. The zero-order valence-corrected chi connectivity index (χ0v) is 10.4. The first-order valence-electron chi connectivity index (χ1n) is 4.94. The van der Waals surface area contributed by atoms with Crippen LogP contribution in [-0.2, 0) is 0 Å². The highest BCUT2D eigenvalue weighted by molar-refractivity contribution is 9.10. The van der Waals surface area contributed by atoms with E-state index >= 15 is 0 Å². The molecule has 1 heterocycles. The summed E-state index contributed by atoms with van der Waals surface area (Å²) in [6.45, 7) is 2.08. The van der Waals surface area contributed by atoms with Gasteiger partial charge >= 0.3 is 0 Å². The summed E-state index contributed by atoms with van der Waals surface area (Å²) in [5, 5.41) is 9.23. The van der Waals surface area contributed by atoms with Gasteiger partial charge in [0, 0.05) is 7.05 Å². The lowest BCUT2D eigenvalue weighted by molar-refractivity contribution is 0.0882. The molecule has 0 saturated carbocycles. The number of aliphatic hydroxyl groups is 1. The highest BCUT2D eigenvalue weighted by Crippen LogP contribution is 2.40. The van der Waals surface area contributed by atoms with Gasteiger partial charge in [-0.2, -0.15) is 0 Å². The van der Waals surface area contributed by atoms with Crippen molar-refractivity contribution in [3.63, 3.8) is 0 Å². The minimum Gasteiger partial charge on any atom is -0.483 e. The Bertz CT molecular complexity index is 370. The first-order valence-corrected chi connectivity index (χ1v) is 5.73. The van der Waals surface area contributed by atoms with Gasteiger partial charge in [0.25, 0.3) is 0 Å². The Hall–Kier alpha value is -0.740. The second kappa shape index (κ2) is 4.02. The molecule has 0 aliphatic carbocycles. The molecule has 3 nitrogen and oxygen atoms in total.